The van der Waals surface area contributed by atoms with Crippen molar-refractivity contribution < 1.29 is 9.59 Å². The first-order chi connectivity index (χ1) is 16.8. The predicted molar refractivity (Wildman–Crippen MR) is 138 cm³/mol. The van der Waals surface area contributed by atoms with E-state index in [4.69, 9.17) is 0 Å². The maximum absolute atomic E-state index is 12.6. The summed E-state index contributed by atoms with van der Waals surface area (Å²) in [4.78, 5) is 37.4. The van der Waals surface area contributed by atoms with Crippen LogP contribution < -0.4 is 4.90 Å². The lowest BCUT2D eigenvalue weighted by atomic mass is 9.92. The predicted octanol–water partition coefficient (Wildman–Crippen LogP) is 4.99. The number of allylic oxidation sites excluding steroid dienone is 1. The number of aromatic nitrogens is 2. The molecule has 0 atom stereocenters. The van der Waals surface area contributed by atoms with Crippen molar-refractivity contribution in [3.63, 3.8) is 0 Å². The quantitative estimate of drug-likeness (QED) is 0.532. The summed E-state index contributed by atoms with van der Waals surface area (Å²) in [6, 6.07) is 12.3. The van der Waals surface area contributed by atoms with Gasteiger partial charge in [-0.2, -0.15) is 0 Å². The van der Waals surface area contributed by atoms with Crippen molar-refractivity contribution in [3.05, 3.63) is 82.9 Å². The van der Waals surface area contributed by atoms with Gasteiger partial charge in [0, 0.05) is 74.5 Å². The molecule has 3 aromatic rings. The van der Waals surface area contributed by atoms with E-state index >= 15 is 0 Å². The zero-order chi connectivity index (χ0) is 24.7. The van der Waals surface area contributed by atoms with Crippen LogP contribution in [-0.4, -0.2) is 47.3 Å². The molecule has 1 saturated heterocycles. The highest BCUT2D eigenvalue weighted by Crippen LogP contribution is 2.41. The van der Waals surface area contributed by atoms with Gasteiger partial charge in [-0.3, -0.25) is 19.6 Å². The second kappa shape index (κ2) is 9.10. The van der Waals surface area contributed by atoms with Gasteiger partial charge in [0.25, 0.3) is 5.91 Å². The van der Waals surface area contributed by atoms with Crippen molar-refractivity contribution in [1.29, 1.82) is 0 Å². The van der Waals surface area contributed by atoms with Gasteiger partial charge in [0.15, 0.2) is 0 Å². The fraction of sp³-hybridized carbons (Fsp3) is 0.310. The molecule has 0 unspecified atom stereocenters. The number of pyridine rings is 2. The number of hydrogen-bond acceptors (Lipinski definition) is 4. The molecule has 1 aliphatic heterocycles. The number of rotatable bonds is 5. The number of hydrogen-bond donors (Lipinski definition) is 0. The molecule has 2 aliphatic rings. The third-order valence-corrected chi connectivity index (χ3v) is 6.88. The van der Waals surface area contributed by atoms with Crippen LogP contribution in [0.15, 0.2) is 60.6 Å². The fourth-order valence-corrected chi connectivity index (χ4v) is 4.99. The van der Waals surface area contributed by atoms with Crippen molar-refractivity contribution in [2.24, 2.45) is 5.92 Å². The Kier molecular flexibility index (Phi) is 5.97. The first-order valence-electron chi connectivity index (χ1n) is 12.1. The highest BCUT2D eigenvalue weighted by molar-refractivity contribution is 5.97. The van der Waals surface area contributed by atoms with Crippen LogP contribution >= 0.6 is 0 Å². The molecule has 1 aliphatic carbocycles. The lowest BCUT2D eigenvalue weighted by molar-refractivity contribution is -0.117. The normalized spacial score (nSPS) is 15.2. The Morgan fingerprint density at radius 2 is 1.74 bits per heavy atom. The molecule has 2 aromatic heterocycles. The number of benzene rings is 1. The second-order valence-electron chi connectivity index (χ2n) is 9.81. The van der Waals surface area contributed by atoms with Crippen LogP contribution in [0, 0.1) is 5.92 Å². The van der Waals surface area contributed by atoms with Gasteiger partial charge in [-0.1, -0.05) is 31.6 Å². The monoisotopic (exact) mass is 466 g/mol. The van der Waals surface area contributed by atoms with Gasteiger partial charge in [-0.05, 0) is 47.7 Å². The highest BCUT2D eigenvalue weighted by Gasteiger charge is 2.27. The largest absolute Gasteiger partial charge is 0.345 e. The first-order valence-corrected chi connectivity index (χ1v) is 12.1. The smallest absolute Gasteiger partial charge is 0.254 e. The van der Waals surface area contributed by atoms with Crippen LogP contribution in [0.4, 0.5) is 5.69 Å². The zero-order valence-electron chi connectivity index (χ0n) is 20.7. The van der Waals surface area contributed by atoms with Crippen LogP contribution in [0.2, 0.25) is 0 Å². The Balaban J connectivity index is 1.53. The molecule has 2 amide bonds. The minimum atomic E-state index is -0.0545. The Morgan fingerprint density at radius 3 is 2.40 bits per heavy atom. The summed E-state index contributed by atoms with van der Waals surface area (Å²) >= 11 is 0. The third kappa shape index (κ3) is 4.25. The number of fused-ring (bicyclic) bond motifs is 1. The third-order valence-electron chi connectivity index (χ3n) is 6.88. The Hall–Kier alpha value is -3.80. The van der Waals surface area contributed by atoms with Crippen molar-refractivity contribution in [1.82, 2.24) is 14.9 Å². The van der Waals surface area contributed by atoms with Crippen molar-refractivity contribution >= 4 is 23.1 Å². The highest BCUT2D eigenvalue weighted by atomic mass is 16.2. The molecular formula is C29H30N4O2. The summed E-state index contributed by atoms with van der Waals surface area (Å²) < 4.78 is 0. The molecule has 0 bridgehead atoms. The molecule has 6 nitrogen and oxygen atoms in total. The molecule has 5 rings (SSSR count). The van der Waals surface area contributed by atoms with E-state index < -0.39 is 0 Å². The van der Waals surface area contributed by atoms with E-state index in [2.05, 4.69) is 42.0 Å². The summed E-state index contributed by atoms with van der Waals surface area (Å²) in [5.74, 6) is 0.476. The molecule has 1 aromatic carbocycles. The van der Waals surface area contributed by atoms with E-state index in [1.165, 1.54) is 5.57 Å². The second-order valence-corrected chi connectivity index (χ2v) is 9.81. The number of anilines is 1. The Labute approximate surface area is 206 Å². The van der Waals surface area contributed by atoms with Crippen molar-refractivity contribution in [3.8, 4) is 11.1 Å². The summed E-state index contributed by atoms with van der Waals surface area (Å²) in [6.07, 6.45) is 7.77. The van der Waals surface area contributed by atoms with Crippen LogP contribution in [-0.2, 0) is 11.2 Å². The molecule has 0 radical (unpaired) electrons. The van der Waals surface area contributed by atoms with Crippen LogP contribution in [0.25, 0.3) is 16.7 Å². The van der Waals surface area contributed by atoms with Gasteiger partial charge in [-0.15, -0.1) is 0 Å². The lowest BCUT2D eigenvalue weighted by Gasteiger charge is -2.16. The van der Waals surface area contributed by atoms with Crippen LogP contribution in [0.3, 0.4) is 0 Å². The van der Waals surface area contributed by atoms with Gasteiger partial charge < -0.3 is 9.80 Å². The van der Waals surface area contributed by atoms with Gasteiger partial charge in [-0.25, -0.2) is 0 Å². The van der Waals surface area contributed by atoms with Gasteiger partial charge in [0.2, 0.25) is 5.91 Å². The lowest BCUT2D eigenvalue weighted by Crippen LogP contribution is -2.23. The summed E-state index contributed by atoms with van der Waals surface area (Å²) in [5, 5.41) is 0. The average Bonchev–Trinajstić information content (AvgIpc) is 3.47. The molecule has 0 N–H and O–H groups in total. The van der Waals surface area contributed by atoms with E-state index in [1.54, 1.807) is 25.2 Å². The summed E-state index contributed by atoms with van der Waals surface area (Å²) in [7, 11) is 3.51. The molecule has 1 fully saturated rings. The van der Waals surface area contributed by atoms with Crippen molar-refractivity contribution in [2.45, 2.75) is 33.1 Å². The minimum absolute atomic E-state index is 0.0545. The average molecular weight is 467 g/mol. The number of carbonyl (C=O) groups is 2. The first kappa shape index (κ1) is 23.0. The standard InChI is InChI=1S/C29H30N4O2/c1-18(2)24-14-26-25(13-22(17-31-26)29(35)32(3)4)28(24)21-12-20(15-30-16-21)19-7-9-23(10-8-19)33-11-5-6-27(33)34/h7-10,12-13,15-18H,5-6,11,14H2,1-4H3. The number of amides is 2. The van der Waals surface area contributed by atoms with Crippen LogP contribution in [0.1, 0.15) is 53.9 Å². The summed E-state index contributed by atoms with van der Waals surface area (Å²) in [6.45, 7) is 5.18. The molecular weight excluding hydrogens is 436 g/mol. The summed E-state index contributed by atoms with van der Waals surface area (Å²) in [5.41, 5.74) is 9.08. The molecule has 3 heterocycles. The molecule has 178 valence electrons. The fourth-order valence-electron chi connectivity index (χ4n) is 4.99. The Bertz CT molecular complexity index is 1340. The number of carbonyl (C=O) groups excluding carboxylic acids is 2. The maximum Gasteiger partial charge on any atom is 0.254 e. The van der Waals surface area contributed by atoms with E-state index in [0.717, 1.165) is 58.6 Å². The molecule has 6 heteroatoms. The zero-order valence-corrected chi connectivity index (χ0v) is 20.7. The van der Waals surface area contributed by atoms with E-state index in [1.807, 2.05) is 35.5 Å². The minimum Gasteiger partial charge on any atom is -0.345 e. The molecule has 35 heavy (non-hydrogen) atoms. The SMILES string of the molecule is CC(C)C1=C(c2cncc(-c3ccc(N4CCCC4=O)cc3)c2)c2cc(C(=O)N(C)C)cnc2C1. The van der Waals surface area contributed by atoms with Gasteiger partial charge in [0.05, 0.1) is 11.3 Å². The topological polar surface area (TPSA) is 66.4 Å². The molecule has 0 saturated carbocycles. The van der Waals surface area contributed by atoms with Crippen molar-refractivity contribution in [2.75, 3.05) is 25.5 Å². The van der Waals surface area contributed by atoms with E-state index in [0.29, 0.717) is 17.9 Å². The number of nitrogens with zero attached hydrogens (tertiary/aromatic N) is 4. The van der Waals surface area contributed by atoms with Gasteiger partial charge in [0.1, 0.15) is 0 Å². The van der Waals surface area contributed by atoms with Crippen LogP contribution in [0.5, 0.6) is 0 Å². The molecule has 0 spiro atoms. The Morgan fingerprint density at radius 1 is 1.00 bits per heavy atom. The van der Waals surface area contributed by atoms with Gasteiger partial charge >= 0.3 is 0 Å². The van der Waals surface area contributed by atoms with E-state index in [-0.39, 0.29) is 11.8 Å². The maximum atomic E-state index is 12.6. The van der Waals surface area contributed by atoms with E-state index in [9.17, 15) is 9.59 Å².